The third kappa shape index (κ3) is 5.29. The number of ether oxygens (including phenoxy) is 1. The fraction of sp³-hybridized carbons (Fsp3) is 0.286. The van der Waals surface area contributed by atoms with Crippen LogP contribution in [-0.2, 0) is 14.4 Å². The second kappa shape index (κ2) is 9.47. The Morgan fingerprint density at radius 2 is 1.90 bits per heavy atom. The highest BCUT2D eigenvalue weighted by Crippen LogP contribution is 2.34. The van der Waals surface area contributed by atoms with E-state index < -0.39 is 0 Å². The van der Waals surface area contributed by atoms with Gasteiger partial charge in [0.1, 0.15) is 5.75 Å². The SMILES string of the molecule is COc1ccc(NC(=O)CN(C)C(=O)CCN2C(=O)CSc3ccccc32)cc1. The maximum atomic E-state index is 12.5. The summed E-state index contributed by atoms with van der Waals surface area (Å²) in [6.07, 6.45) is 0.150. The zero-order chi connectivity index (χ0) is 20.8. The van der Waals surface area contributed by atoms with Crippen molar-refractivity contribution >= 4 is 40.9 Å². The molecule has 8 heteroatoms. The molecule has 0 bridgehead atoms. The van der Waals surface area contributed by atoms with Crippen LogP contribution >= 0.6 is 11.8 Å². The van der Waals surface area contributed by atoms with Gasteiger partial charge in [0.25, 0.3) is 0 Å². The molecule has 0 spiro atoms. The number of fused-ring (bicyclic) bond motifs is 1. The van der Waals surface area contributed by atoms with Crippen LogP contribution in [-0.4, -0.2) is 55.6 Å². The molecule has 1 heterocycles. The summed E-state index contributed by atoms with van der Waals surface area (Å²) in [5.41, 5.74) is 1.46. The van der Waals surface area contributed by atoms with E-state index in [0.29, 0.717) is 23.7 Å². The summed E-state index contributed by atoms with van der Waals surface area (Å²) in [7, 11) is 3.15. The van der Waals surface area contributed by atoms with Gasteiger partial charge in [-0.15, -0.1) is 11.8 Å². The van der Waals surface area contributed by atoms with Gasteiger partial charge in [0.05, 0.1) is 25.1 Å². The Morgan fingerprint density at radius 3 is 2.62 bits per heavy atom. The zero-order valence-corrected chi connectivity index (χ0v) is 17.2. The molecule has 2 aromatic rings. The van der Waals surface area contributed by atoms with Crippen molar-refractivity contribution in [2.45, 2.75) is 11.3 Å². The van der Waals surface area contributed by atoms with Crippen molar-refractivity contribution in [1.82, 2.24) is 4.90 Å². The Balaban J connectivity index is 1.51. The number of methoxy groups -OCH3 is 1. The van der Waals surface area contributed by atoms with Crippen LogP contribution in [0.25, 0.3) is 0 Å². The van der Waals surface area contributed by atoms with Crippen molar-refractivity contribution in [1.29, 1.82) is 0 Å². The highest BCUT2D eigenvalue weighted by Gasteiger charge is 2.25. The minimum Gasteiger partial charge on any atom is -0.497 e. The number of anilines is 2. The lowest BCUT2D eigenvalue weighted by molar-refractivity contribution is -0.133. The molecule has 0 unspecified atom stereocenters. The van der Waals surface area contributed by atoms with Gasteiger partial charge < -0.3 is 19.9 Å². The van der Waals surface area contributed by atoms with Crippen LogP contribution in [0.3, 0.4) is 0 Å². The van der Waals surface area contributed by atoms with Crippen molar-refractivity contribution in [2.24, 2.45) is 0 Å². The highest BCUT2D eigenvalue weighted by molar-refractivity contribution is 8.00. The number of thioether (sulfide) groups is 1. The van der Waals surface area contributed by atoms with E-state index in [2.05, 4.69) is 5.32 Å². The Morgan fingerprint density at radius 1 is 1.17 bits per heavy atom. The first-order valence-electron chi connectivity index (χ1n) is 9.18. The van der Waals surface area contributed by atoms with Gasteiger partial charge >= 0.3 is 0 Å². The summed E-state index contributed by atoms with van der Waals surface area (Å²) in [5.74, 6) is 0.565. The van der Waals surface area contributed by atoms with Gasteiger partial charge in [-0.05, 0) is 36.4 Å². The Kier molecular flexibility index (Phi) is 6.77. The van der Waals surface area contributed by atoms with E-state index in [0.717, 1.165) is 10.6 Å². The molecule has 152 valence electrons. The van der Waals surface area contributed by atoms with Crippen molar-refractivity contribution in [3.63, 3.8) is 0 Å². The molecule has 0 aromatic heterocycles. The molecule has 0 atom stereocenters. The number of carbonyl (C=O) groups excluding carboxylic acids is 3. The monoisotopic (exact) mass is 413 g/mol. The average Bonchev–Trinajstić information content (AvgIpc) is 2.73. The molecule has 1 aliphatic rings. The molecular formula is C21H23N3O4S. The van der Waals surface area contributed by atoms with Crippen LogP contribution in [0.2, 0.25) is 0 Å². The van der Waals surface area contributed by atoms with E-state index in [1.54, 1.807) is 43.3 Å². The molecule has 0 fully saturated rings. The van der Waals surface area contributed by atoms with Crippen LogP contribution in [0.15, 0.2) is 53.4 Å². The lowest BCUT2D eigenvalue weighted by Gasteiger charge is -2.29. The molecule has 0 saturated heterocycles. The first kappa shape index (κ1) is 20.7. The first-order valence-corrected chi connectivity index (χ1v) is 10.2. The normalized spacial score (nSPS) is 12.9. The van der Waals surface area contributed by atoms with Crippen LogP contribution in [0.4, 0.5) is 11.4 Å². The quantitative estimate of drug-likeness (QED) is 0.755. The summed E-state index contributed by atoms with van der Waals surface area (Å²) >= 11 is 1.51. The summed E-state index contributed by atoms with van der Waals surface area (Å²) in [4.78, 5) is 41.0. The third-order valence-corrected chi connectivity index (χ3v) is 5.59. The number of amides is 3. The van der Waals surface area contributed by atoms with Gasteiger partial charge in [-0.3, -0.25) is 14.4 Å². The highest BCUT2D eigenvalue weighted by atomic mass is 32.2. The molecule has 3 rings (SSSR count). The van der Waals surface area contributed by atoms with E-state index in [4.69, 9.17) is 4.74 Å². The standard InChI is InChI=1S/C21H23N3O4S/c1-23(13-19(25)22-15-7-9-16(28-2)10-8-15)20(26)11-12-24-17-5-3-4-6-18(17)29-14-21(24)27/h3-10H,11-14H2,1-2H3,(H,22,25). The minimum atomic E-state index is -0.290. The Labute approximate surface area is 174 Å². The predicted molar refractivity (Wildman–Crippen MR) is 113 cm³/mol. The molecular weight excluding hydrogens is 390 g/mol. The number of carbonyl (C=O) groups is 3. The van der Waals surface area contributed by atoms with Crippen molar-refractivity contribution < 1.29 is 19.1 Å². The lowest BCUT2D eigenvalue weighted by Crippen LogP contribution is -2.40. The number of benzene rings is 2. The Bertz CT molecular complexity index is 901. The molecule has 0 aliphatic carbocycles. The topological polar surface area (TPSA) is 79.0 Å². The molecule has 0 saturated carbocycles. The minimum absolute atomic E-state index is 0.0126. The smallest absolute Gasteiger partial charge is 0.243 e. The predicted octanol–water partition coefficient (Wildman–Crippen LogP) is 2.62. The number of nitrogens with one attached hydrogen (secondary N) is 1. The number of likely N-dealkylation sites (N-methyl/N-ethyl adjacent to an activating group) is 1. The third-order valence-electron chi connectivity index (χ3n) is 4.54. The molecule has 2 aromatic carbocycles. The van der Waals surface area contributed by atoms with Crippen LogP contribution < -0.4 is 15.0 Å². The van der Waals surface area contributed by atoms with Crippen LogP contribution in [0, 0.1) is 0 Å². The van der Waals surface area contributed by atoms with E-state index in [1.165, 1.54) is 16.7 Å². The van der Waals surface area contributed by atoms with Gasteiger partial charge in [-0.25, -0.2) is 0 Å². The maximum absolute atomic E-state index is 12.5. The second-order valence-electron chi connectivity index (χ2n) is 6.58. The van der Waals surface area contributed by atoms with E-state index in [1.807, 2.05) is 24.3 Å². The number of rotatable bonds is 7. The van der Waals surface area contributed by atoms with Crippen molar-refractivity contribution in [3.05, 3.63) is 48.5 Å². The molecule has 1 aliphatic heterocycles. The van der Waals surface area contributed by atoms with Gasteiger partial charge in [0.2, 0.25) is 17.7 Å². The van der Waals surface area contributed by atoms with Crippen LogP contribution in [0.5, 0.6) is 5.75 Å². The largest absolute Gasteiger partial charge is 0.497 e. The van der Waals surface area contributed by atoms with Gasteiger partial charge in [-0.2, -0.15) is 0 Å². The van der Waals surface area contributed by atoms with Gasteiger partial charge in [0.15, 0.2) is 0 Å². The maximum Gasteiger partial charge on any atom is 0.243 e. The summed E-state index contributed by atoms with van der Waals surface area (Å²) in [6, 6.07) is 14.6. The van der Waals surface area contributed by atoms with Gasteiger partial charge in [-0.1, -0.05) is 12.1 Å². The molecule has 3 amide bonds. The van der Waals surface area contributed by atoms with E-state index in [-0.39, 0.29) is 30.7 Å². The van der Waals surface area contributed by atoms with Crippen molar-refractivity contribution in [2.75, 3.05) is 43.2 Å². The number of para-hydroxylation sites is 1. The average molecular weight is 413 g/mol. The first-order chi connectivity index (χ1) is 14.0. The zero-order valence-electron chi connectivity index (χ0n) is 16.4. The van der Waals surface area contributed by atoms with E-state index in [9.17, 15) is 14.4 Å². The summed E-state index contributed by atoms with van der Waals surface area (Å²) in [5, 5.41) is 2.75. The van der Waals surface area contributed by atoms with E-state index >= 15 is 0 Å². The Hall–Kier alpha value is -3.00. The van der Waals surface area contributed by atoms with Crippen LogP contribution in [0.1, 0.15) is 6.42 Å². The molecule has 29 heavy (non-hydrogen) atoms. The number of nitrogens with zero attached hydrogens (tertiary/aromatic N) is 2. The summed E-state index contributed by atoms with van der Waals surface area (Å²) < 4.78 is 5.08. The number of hydrogen-bond donors (Lipinski definition) is 1. The molecule has 1 N–H and O–H groups in total. The van der Waals surface area contributed by atoms with Gasteiger partial charge in [0, 0.05) is 30.6 Å². The fourth-order valence-corrected chi connectivity index (χ4v) is 3.91. The molecule has 0 radical (unpaired) electrons. The second-order valence-corrected chi connectivity index (χ2v) is 7.60. The fourth-order valence-electron chi connectivity index (χ4n) is 2.98. The lowest BCUT2D eigenvalue weighted by atomic mass is 10.2. The molecule has 7 nitrogen and oxygen atoms in total. The summed E-state index contributed by atoms with van der Waals surface area (Å²) in [6.45, 7) is 0.227. The van der Waals surface area contributed by atoms with Crippen molar-refractivity contribution in [3.8, 4) is 5.75 Å². The number of hydrogen-bond acceptors (Lipinski definition) is 5.